The molecule has 0 unspecified atom stereocenters. The summed E-state index contributed by atoms with van der Waals surface area (Å²) >= 11 is 3.44. The third-order valence-corrected chi connectivity index (χ3v) is 6.55. The van der Waals surface area contributed by atoms with E-state index in [1.807, 2.05) is 59.5 Å². The van der Waals surface area contributed by atoms with E-state index in [4.69, 9.17) is 0 Å². The highest BCUT2D eigenvalue weighted by Gasteiger charge is 2.38. The molecule has 2 saturated heterocycles. The van der Waals surface area contributed by atoms with E-state index < -0.39 is 11.8 Å². The van der Waals surface area contributed by atoms with Gasteiger partial charge in [0.1, 0.15) is 0 Å². The first-order valence-electron chi connectivity index (χ1n) is 10.2. The van der Waals surface area contributed by atoms with Gasteiger partial charge in [-0.05, 0) is 46.5 Å². The SMILES string of the molecule is O=C1C(=O)N(C2CCN(C(=O)c3ccccc3Br)CC2)CCN1Cc1ccccc1. The summed E-state index contributed by atoms with van der Waals surface area (Å²) in [5.41, 5.74) is 1.67. The molecule has 0 spiro atoms. The van der Waals surface area contributed by atoms with E-state index in [2.05, 4.69) is 15.9 Å². The highest BCUT2D eigenvalue weighted by Crippen LogP contribution is 2.24. The maximum Gasteiger partial charge on any atom is 0.312 e. The lowest BCUT2D eigenvalue weighted by atomic mass is 10.0. The molecule has 0 atom stereocenters. The van der Waals surface area contributed by atoms with Gasteiger partial charge in [0.25, 0.3) is 5.91 Å². The molecular weight excluding hydrogens is 446 g/mol. The van der Waals surface area contributed by atoms with Crippen LogP contribution in [0.25, 0.3) is 0 Å². The molecule has 7 heteroatoms. The first kappa shape index (κ1) is 20.6. The van der Waals surface area contributed by atoms with Crippen molar-refractivity contribution < 1.29 is 14.4 Å². The zero-order valence-corrected chi connectivity index (χ0v) is 18.3. The van der Waals surface area contributed by atoms with E-state index >= 15 is 0 Å². The molecule has 2 aliphatic heterocycles. The molecule has 30 heavy (non-hydrogen) atoms. The lowest BCUT2D eigenvalue weighted by Gasteiger charge is -2.42. The fourth-order valence-electron chi connectivity index (χ4n) is 4.18. The van der Waals surface area contributed by atoms with E-state index in [0.717, 1.165) is 10.0 Å². The van der Waals surface area contributed by atoms with Crippen LogP contribution in [0.3, 0.4) is 0 Å². The molecule has 156 valence electrons. The Morgan fingerprint density at radius 2 is 1.53 bits per heavy atom. The van der Waals surface area contributed by atoms with Gasteiger partial charge in [-0.15, -0.1) is 0 Å². The lowest BCUT2D eigenvalue weighted by Crippen LogP contribution is -2.59. The molecule has 0 aliphatic carbocycles. The van der Waals surface area contributed by atoms with Crippen LogP contribution in [0.15, 0.2) is 59.1 Å². The van der Waals surface area contributed by atoms with E-state index in [9.17, 15) is 14.4 Å². The van der Waals surface area contributed by atoms with Crippen LogP contribution in [0.2, 0.25) is 0 Å². The van der Waals surface area contributed by atoms with Gasteiger partial charge in [-0.3, -0.25) is 14.4 Å². The zero-order chi connectivity index (χ0) is 21.1. The predicted octanol–water partition coefficient (Wildman–Crippen LogP) is 2.92. The third-order valence-electron chi connectivity index (χ3n) is 5.85. The summed E-state index contributed by atoms with van der Waals surface area (Å²) in [5, 5.41) is 0. The number of benzene rings is 2. The summed E-state index contributed by atoms with van der Waals surface area (Å²) in [7, 11) is 0. The van der Waals surface area contributed by atoms with Gasteiger partial charge in [0, 0.05) is 43.2 Å². The smallest absolute Gasteiger partial charge is 0.312 e. The minimum Gasteiger partial charge on any atom is -0.338 e. The second kappa shape index (κ2) is 9.00. The quantitative estimate of drug-likeness (QED) is 0.646. The van der Waals surface area contributed by atoms with Gasteiger partial charge in [0.2, 0.25) is 0 Å². The molecule has 0 aromatic heterocycles. The molecule has 2 heterocycles. The first-order chi connectivity index (χ1) is 14.5. The van der Waals surface area contributed by atoms with Crippen LogP contribution in [-0.4, -0.2) is 64.6 Å². The van der Waals surface area contributed by atoms with Gasteiger partial charge in [0.05, 0.1) is 5.56 Å². The Bertz CT molecular complexity index is 942. The van der Waals surface area contributed by atoms with Crippen molar-refractivity contribution >= 4 is 33.7 Å². The molecule has 4 rings (SSSR count). The van der Waals surface area contributed by atoms with Gasteiger partial charge in [-0.25, -0.2) is 0 Å². The summed E-state index contributed by atoms with van der Waals surface area (Å²) in [6, 6.07) is 17.1. The van der Waals surface area contributed by atoms with Gasteiger partial charge < -0.3 is 14.7 Å². The standard InChI is InChI=1S/C23H24BrN3O3/c24-20-9-5-4-8-19(20)21(28)25-12-10-18(11-13-25)27-15-14-26(22(29)23(27)30)16-17-6-2-1-3-7-17/h1-9,18H,10-16H2. The van der Waals surface area contributed by atoms with Crippen molar-refractivity contribution in [3.63, 3.8) is 0 Å². The Balaban J connectivity index is 1.34. The maximum absolute atomic E-state index is 12.8. The summed E-state index contributed by atoms with van der Waals surface area (Å²) in [4.78, 5) is 43.4. The number of amides is 3. The number of piperidine rings is 1. The monoisotopic (exact) mass is 469 g/mol. The van der Waals surface area contributed by atoms with E-state index in [-0.39, 0.29) is 11.9 Å². The fourth-order valence-corrected chi connectivity index (χ4v) is 4.63. The molecule has 2 aromatic rings. The number of likely N-dealkylation sites (tertiary alicyclic amines) is 1. The average molecular weight is 470 g/mol. The fraction of sp³-hybridized carbons (Fsp3) is 0.348. The summed E-state index contributed by atoms with van der Waals surface area (Å²) < 4.78 is 0.785. The average Bonchev–Trinajstić information content (AvgIpc) is 2.78. The highest BCUT2D eigenvalue weighted by molar-refractivity contribution is 9.10. The second-order valence-corrected chi connectivity index (χ2v) is 8.57. The Morgan fingerprint density at radius 1 is 0.867 bits per heavy atom. The largest absolute Gasteiger partial charge is 0.338 e. The van der Waals surface area contributed by atoms with Gasteiger partial charge in [-0.1, -0.05) is 42.5 Å². The second-order valence-electron chi connectivity index (χ2n) is 7.71. The minimum atomic E-state index is -0.433. The molecule has 2 fully saturated rings. The number of carbonyl (C=O) groups excluding carboxylic acids is 3. The molecule has 0 radical (unpaired) electrons. The Labute approximate surface area is 184 Å². The summed E-state index contributed by atoms with van der Waals surface area (Å²) in [6.07, 6.45) is 1.38. The van der Waals surface area contributed by atoms with Crippen LogP contribution in [-0.2, 0) is 16.1 Å². The van der Waals surface area contributed by atoms with E-state index in [0.29, 0.717) is 51.1 Å². The minimum absolute atomic E-state index is 0.00332. The van der Waals surface area contributed by atoms with Crippen molar-refractivity contribution in [2.45, 2.75) is 25.4 Å². The number of hydrogen-bond acceptors (Lipinski definition) is 3. The van der Waals surface area contributed by atoms with E-state index in [1.165, 1.54) is 0 Å². The Hall–Kier alpha value is -2.67. The molecule has 6 nitrogen and oxygen atoms in total. The Morgan fingerprint density at radius 3 is 2.23 bits per heavy atom. The molecule has 0 bridgehead atoms. The van der Waals surface area contributed by atoms with Crippen LogP contribution < -0.4 is 0 Å². The number of piperazine rings is 1. The van der Waals surface area contributed by atoms with Crippen LogP contribution in [0.1, 0.15) is 28.8 Å². The molecule has 2 aromatic carbocycles. The van der Waals surface area contributed by atoms with Gasteiger partial charge in [0.15, 0.2) is 0 Å². The number of nitrogens with zero attached hydrogens (tertiary/aromatic N) is 3. The molecule has 2 aliphatic rings. The summed E-state index contributed by atoms with van der Waals surface area (Å²) in [6.45, 7) is 2.70. The van der Waals surface area contributed by atoms with Crippen LogP contribution in [0, 0.1) is 0 Å². The molecule has 3 amide bonds. The molecule has 0 saturated carbocycles. The summed E-state index contributed by atoms with van der Waals surface area (Å²) in [5.74, 6) is -0.861. The first-order valence-corrected chi connectivity index (χ1v) is 11.0. The molecular formula is C23H24BrN3O3. The van der Waals surface area contributed by atoms with Crippen molar-refractivity contribution in [3.8, 4) is 0 Å². The van der Waals surface area contributed by atoms with Crippen LogP contribution in [0.5, 0.6) is 0 Å². The number of hydrogen-bond donors (Lipinski definition) is 0. The zero-order valence-electron chi connectivity index (χ0n) is 16.7. The highest BCUT2D eigenvalue weighted by atomic mass is 79.9. The van der Waals surface area contributed by atoms with E-state index in [1.54, 1.807) is 9.80 Å². The number of carbonyl (C=O) groups is 3. The predicted molar refractivity (Wildman–Crippen MR) is 117 cm³/mol. The van der Waals surface area contributed by atoms with Gasteiger partial charge >= 0.3 is 11.8 Å². The lowest BCUT2D eigenvalue weighted by molar-refractivity contribution is -0.158. The number of halogens is 1. The topological polar surface area (TPSA) is 60.9 Å². The maximum atomic E-state index is 12.8. The molecule has 0 N–H and O–H groups in total. The third kappa shape index (κ3) is 4.26. The number of rotatable bonds is 4. The normalized spacial score (nSPS) is 18.1. The van der Waals surface area contributed by atoms with Crippen LogP contribution >= 0.6 is 15.9 Å². The van der Waals surface area contributed by atoms with Gasteiger partial charge in [-0.2, -0.15) is 0 Å². The van der Waals surface area contributed by atoms with Crippen molar-refractivity contribution in [2.24, 2.45) is 0 Å². The van der Waals surface area contributed by atoms with Crippen LogP contribution in [0.4, 0.5) is 0 Å². The van der Waals surface area contributed by atoms with Crippen molar-refractivity contribution in [2.75, 3.05) is 26.2 Å². The van der Waals surface area contributed by atoms with Crippen molar-refractivity contribution in [1.29, 1.82) is 0 Å². The Kier molecular flexibility index (Phi) is 6.18. The van der Waals surface area contributed by atoms with Crippen molar-refractivity contribution in [3.05, 3.63) is 70.2 Å². The van der Waals surface area contributed by atoms with Crippen molar-refractivity contribution in [1.82, 2.24) is 14.7 Å².